The van der Waals surface area contributed by atoms with Crippen molar-refractivity contribution in [2.75, 3.05) is 7.11 Å². The van der Waals surface area contributed by atoms with E-state index < -0.39 is 0 Å². The zero-order chi connectivity index (χ0) is 10.6. The molecule has 1 aliphatic carbocycles. The second-order valence-corrected chi connectivity index (χ2v) is 4.69. The molecule has 1 saturated carbocycles. The van der Waals surface area contributed by atoms with Gasteiger partial charge in [0.2, 0.25) is 0 Å². The SMILES string of the molecule is COC(C)CC(=O)C1CCCC(C)C1. The van der Waals surface area contributed by atoms with Crippen LogP contribution in [0.2, 0.25) is 0 Å². The zero-order valence-electron chi connectivity index (χ0n) is 9.58. The van der Waals surface area contributed by atoms with Gasteiger partial charge in [0.05, 0.1) is 6.10 Å². The van der Waals surface area contributed by atoms with Crippen LogP contribution in [0.15, 0.2) is 0 Å². The summed E-state index contributed by atoms with van der Waals surface area (Å²) in [5.41, 5.74) is 0. The van der Waals surface area contributed by atoms with Gasteiger partial charge in [-0.25, -0.2) is 0 Å². The number of hydrogen-bond acceptors (Lipinski definition) is 2. The van der Waals surface area contributed by atoms with Crippen LogP contribution >= 0.6 is 0 Å². The van der Waals surface area contributed by atoms with E-state index in [4.69, 9.17) is 4.74 Å². The van der Waals surface area contributed by atoms with Crippen molar-refractivity contribution in [2.24, 2.45) is 11.8 Å². The van der Waals surface area contributed by atoms with E-state index in [-0.39, 0.29) is 6.10 Å². The highest BCUT2D eigenvalue weighted by Crippen LogP contribution is 2.30. The molecule has 1 rings (SSSR count). The van der Waals surface area contributed by atoms with Crippen LogP contribution in [-0.2, 0) is 9.53 Å². The molecule has 0 bridgehead atoms. The van der Waals surface area contributed by atoms with Gasteiger partial charge < -0.3 is 4.74 Å². The summed E-state index contributed by atoms with van der Waals surface area (Å²) in [7, 11) is 1.67. The number of methoxy groups -OCH3 is 1. The van der Waals surface area contributed by atoms with Gasteiger partial charge in [0.15, 0.2) is 0 Å². The normalized spacial score (nSPS) is 29.9. The summed E-state index contributed by atoms with van der Waals surface area (Å²) < 4.78 is 5.12. The van der Waals surface area contributed by atoms with Crippen molar-refractivity contribution in [3.63, 3.8) is 0 Å². The second kappa shape index (κ2) is 5.50. The Morgan fingerprint density at radius 3 is 2.79 bits per heavy atom. The van der Waals surface area contributed by atoms with E-state index in [2.05, 4.69) is 6.92 Å². The lowest BCUT2D eigenvalue weighted by Crippen LogP contribution is -2.24. The van der Waals surface area contributed by atoms with Gasteiger partial charge in [-0.05, 0) is 25.7 Å². The van der Waals surface area contributed by atoms with E-state index in [0.29, 0.717) is 18.1 Å². The molecule has 0 aliphatic heterocycles. The van der Waals surface area contributed by atoms with Gasteiger partial charge in [-0.15, -0.1) is 0 Å². The number of rotatable bonds is 4. The summed E-state index contributed by atoms with van der Waals surface area (Å²) in [6.45, 7) is 4.21. The largest absolute Gasteiger partial charge is 0.381 e. The molecule has 2 nitrogen and oxygen atoms in total. The number of Topliss-reactive ketones (excluding diaryl/α,β-unsaturated/α-hetero) is 1. The third-order valence-corrected chi connectivity index (χ3v) is 3.28. The zero-order valence-corrected chi connectivity index (χ0v) is 9.58. The Hall–Kier alpha value is -0.370. The predicted molar refractivity (Wildman–Crippen MR) is 57.2 cm³/mol. The quantitative estimate of drug-likeness (QED) is 0.694. The topological polar surface area (TPSA) is 26.3 Å². The van der Waals surface area contributed by atoms with Crippen LogP contribution in [0.4, 0.5) is 0 Å². The summed E-state index contributed by atoms with van der Waals surface area (Å²) in [5, 5.41) is 0. The van der Waals surface area contributed by atoms with Gasteiger partial charge in [-0.2, -0.15) is 0 Å². The Balaban J connectivity index is 2.36. The van der Waals surface area contributed by atoms with Crippen LogP contribution < -0.4 is 0 Å². The van der Waals surface area contributed by atoms with Crippen LogP contribution in [0.5, 0.6) is 0 Å². The molecule has 82 valence electrons. The first kappa shape index (κ1) is 11.7. The van der Waals surface area contributed by atoms with Gasteiger partial charge in [-0.1, -0.05) is 19.8 Å². The van der Waals surface area contributed by atoms with Crippen molar-refractivity contribution in [2.45, 2.75) is 52.1 Å². The fourth-order valence-corrected chi connectivity index (χ4v) is 2.26. The maximum Gasteiger partial charge on any atom is 0.138 e. The first-order chi connectivity index (χ1) is 6.63. The number of hydrogen-bond donors (Lipinski definition) is 0. The Morgan fingerprint density at radius 1 is 1.50 bits per heavy atom. The van der Waals surface area contributed by atoms with Gasteiger partial charge in [0.25, 0.3) is 0 Å². The number of carbonyl (C=O) groups is 1. The van der Waals surface area contributed by atoms with Gasteiger partial charge in [0.1, 0.15) is 5.78 Å². The molecule has 1 fully saturated rings. The van der Waals surface area contributed by atoms with Gasteiger partial charge in [0, 0.05) is 19.4 Å². The van der Waals surface area contributed by atoms with E-state index in [0.717, 1.165) is 18.8 Å². The maximum atomic E-state index is 11.8. The first-order valence-electron chi connectivity index (χ1n) is 5.69. The Kier molecular flexibility index (Phi) is 4.59. The van der Waals surface area contributed by atoms with Crippen LogP contribution in [-0.4, -0.2) is 19.0 Å². The Bertz CT molecular complexity index is 189. The molecular weight excluding hydrogens is 176 g/mol. The minimum absolute atomic E-state index is 0.0831. The van der Waals surface area contributed by atoms with E-state index >= 15 is 0 Å². The third kappa shape index (κ3) is 3.41. The molecule has 1 aliphatic rings. The molecule has 0 N–H and O–H groups in total. The molecule has 0 aromatic carbocycles. The standard InChI is InChI=1S/C12H22O2/c1-9-5-4-6-11(7-9)12(13)8-10(2)14-3/h9-11H,4-8H2,1-3H3. The van der Waals surface area contributed by atoms with Crippen LogP contribution in [0.3, 0.4) is 0 Å². The van der Waals surface area contributed by atoms with Crippen molar-refractivity contribution in [1.82, 2.24) is 0 Å². The fourth-order valence-electron chi connectivity index (χ4n) is 2.26. The average Bonchev–Trinajstić information content (AvgIpc) is 2.17. The van der Waals surface area contributed by atoms with Crippen LogP contribution in [0, 0.1) is 11.8 Å². The minimum Gasteiger partial charge on any atom is -0.381 e. The lowest BCUT2D eigenvalue weighted by molar-refractivity contribution is -0.126. The van der Waals surface area contributed by atoms with Crippen LogP contribution in [0.25, 0.3) is 0 Å². The lowest BCUT2D eigenvalue weighted by Gasteiger charge is -2.26. The van der Waals surface area contributed by atoms with E-state index in [1.807, 2.05) is 6.92 Å². The van der Waals surface area contributed by atoms with Gasteiger partial charge >= 0.3 is 0 Å². The summed E-state index contributed by atoms with van der Waals surface area (Å²) in [5.74, 6) is 1.46. The molecule has 0 aromatic heterocycles. The summed E-state index contributed by atoms with van der Waals surface area (Å²) in [6, 6.07) is 0. The first-order valence-corrected chi connectivity index (χ1v) is 5.69. The van der Waals surface area contributed by atoms with Crippen molar-refractivity contribution in [1.29, 1.82) is 0 Å². The highest BCUT2D eigenvalue weighted by molar-refractivity contribution is 5.81. The van der Waals surface area contributed by atoms with Crippen LogP contribution in [0.1, 0.15) is 46.0 Å². The Morgan fingerprint density at radius 2 is 2.21 bits per heavy atom. The van der Waals surface area contributed by atoms with E-state index in [1.165, 1.54) is 12.8 Å². The third-order valence-electron chi connectivity index (χ3n) is 3.28. The second-order valence-electron chi connectivity index (χ2n) is 4.69. The summed E-state index contributed by atoms with van der Waals surface area (Å²) in [4.78, 5) is 11.8. The average molecular weight is 198 g/mol. The molecule has 0 heterocycles. The molecule has 3 unspecified atom stereocenters. The highest BCUT2D eigenvalue weighted by Gasteiger charge is 2.25. The number of ether oxygens (including phenoxy) is 1. The number of ketones is 1. The van der Waals surface area contributed by atoms with Gasteiger partial charge in [-0.3, -0.25) is 4.79 Å². The molecule has 0 amide bonds. The number of carbonyl (C=O) groups excluding carboxylic acids is 1. The minimum atomic E-state index is 0.0831. The van der Waals surface area contributed by atoms with Crippen molar-refractivity contribution in [3.05, 3.63) is 0 Å². The van der Waals surface area contributed by atoms with E-state index in [9.17, 15) is 4.79 Å². The van der Waals surface area contributed by atoms with Crippen molar-refractivity contribution < 1.29 is 9.53 Å². The van der Waals surface area contributed by atoms with E-state index in [1.54, 1.807) is 7.11 Å². The molecule has 0 radical (unpaired) electrons. The monoisotopic (exact) mass is 198 g/mol. The lowest BCUT2D eigenvalue weighted by atomic mass is 9.79. The molecule has 0 aromatic rings. The molecule has 3 atom stereocenters. The molecule has 14 heavy (non-hydrogen) atoms. The highest BCUT2D eigenvalue weighted by atomic mass is 16.5. The smallest absolute Gasteiger partial charge is 0.138 e. The maximum absolute atomic E-state index is 11.8. The summed E-state index contributed by atoms with van der Waals surface area (Å²) >= 11 is 0. The fraction of sp³-hybridized carbons (Fsp3) is 0.917. The molecule has 2 heteroatoms. The molecule has 0 saturated heterocycles. The molecule has 0 spiro atoms. The summed E-state index contributed by atoms with van der Waals surface area (Å²) in [6.07, 6.45) is 5.38. The van der Waals surface area contributed by atoms with Crippen molar-refractivity contribution >= 4 is 5.78 Å². The predicted octanol–water partition coefficient (Wildman–Crippen LogP) is 2.81. The van der Waals surface area contributed by atoms with Crippen molar-refractivity contribution in [3.8, 4) is 0 Å². The molecular formula is C12H22O2. The Labute approximate surface area is 87.0 Å².